The number of rotatable bonds is 24. The fourth-order valence-corrected chi connectivity index (χ4v) is 4.03. The molecule has 0 fully saturated rings. The molecule has 0 spiro atoms. The maximum absolute atomic E-state index is 12.4. The number of unbranched alkanes of at least 4 members (excludes halogenated alkanes) is 15. The summed E-state index contributed by atoms with van der Waals surface area (Å²) in [6.07, 6.45) is 20.7. The van der Waals surface area contributed by atoms with Crippen LogP contribution in [0.1, 0.15) is 136 Å². The van der Waals surface area contributed by atoms with E-state index in [1.165, 1.54) is 83.5 Å². The smallest absolute Gasteiger partial charge is 0.328 e. The molecule has 214 valence electrons. The zero-order chi connectivity index (χ0) is 26.3. The van der Waals surface area contributed by atoms with Gasteiger partial charge in [-0.15, -0.1) is 12.4 Å². The van der Waals surface area contributed by atoms with Gasteiger partial charge >= 0.3 is 5.97 Å². The van der Waals surface area contributed by atoms with Crippen molar-refractivity contribution >= 4 is 30.2 Å². The number of nitrogens with one attached hydrogen (secondary N) is 1. The number of hydrogen-bond acceptors (Lipinski definition) is 5. The second kappa shape index (κ2) is 25.3. The first-order chi connectivity index (χ1) is 16.8. The minimum absolute atomic E-state index is 0. The standard InChI is InChI=1S/C28H55N3O4.ClH/c1-4-5-6-7-8-9-10-11-12-13-14-15-16-17-18-19-22-35-28(34)24(20-21-25(29)32)31-27(33)26(30)23(2)3;/h23-24,26H,4-22,30H2,1-3H3,(H2,29,32)(H,31,33);1H/t24-,26-;/m1./s1. The van der Waals surface area contributed by atoms with Crippen LogP contribution in [0.2, 0.25) is 0 Å². The van der Waals surface area contributed by atoms with E-state index >= 15 is 0 Å². The van der Waals surface area contributed by atoms with Gasteiger partial charge in [0.2, 0.25) is 11.8 Å². The molecule has 0 aromatic carbocycles. The Balaban J connectivity index is 0. The summed E-state index contributed by atoms with van der Waals surface area (Å²) in [6.45, 7) is 6.24. The highest BCUT2D eigenvalue weighted by Crippen LogP contribution is 2.14. The molecule has 0 heterocycles. The molecule has 0 saturated heterocycles. The third kappa shape index (κ3) is 21.9. The minimum Gasteiger partial charge on any atom is -0.464 e. The normalized spacial score (nSPS) is 12.6. The summed E-state index contributed by atoms with van der Waals surface area (Å²) in [4.78, 5) is 35.7. The van der Waals surface area contributed by atoms with E-state index in [0.717, 1.165) is 19.3 Å². The number of halogens is 1. The maximum atomic E-state index is 12.4. The van der Waals surface area contributed by atoms with Crippen molar-refractivity contribution in [2.24, 2.45) is 17.4 Å². The number of carbonyl (C=O) groups excluding carboxylic acids is 3. The van der Waals surface area contributed by atoms with Crippen LogP contribution in [0.4, 0.5) is 0 Å². The number of hydrogen-bond donors (Lipinski definition) is 3. The second-order valence-corrected chi connectivity index (χ2v) is 10.3. The molecule has 0 radical (unpaired) electrons. The summed E-state index contributed by atoms with van der Waals surface area (Å²) >= 11 is 0. The van der Waals surface area contributed by atoms with Crippen molar-refractivity contribution < 1.29 is 19.1 Å². The Morgan fingerprint density at radius 1 is 0.750 bits per heavy atom. The van der Waals surface area contributed by atoms with Gasteiger partial charge in [0.15, 0.2) is 0 Å². The monoisotopic (exact) mass is 533 g/mol. The van der Waals surface area contributed by atoms with Gasteiger partial charge in [-0.3, -0.25) is 9.59 Å². The van der Waals surface area contributed by atoms with E-state index in [0.29, 0.717) is 6.61 Å². The van der Waals surface area contributed by atoms with E-state index in [4.69, 9.17) is 16.2 Å². The van der Waals surface area contributed by atoms with Gasteiger partial charge in [-0.1, -0.05) is 117 Å². The molecule has 8 heteroatoms. The number of nitrogens with two attached hydrogens (primary N) is 2. The third-order valence-corrected chi connectivity index (χ3v) is 6.54. The Hall–Kier alpha value is -1.34. The molecule has 2 atom stereocenters. The lowest BCUT2D eigenvalue weighted by Gasteiger charge is -2.21. The second-order valence-electron chi connectivity index (χ2n) is 10.3. The zero-order valence-corrected chi connectivity index (χ0v) is 24.2. The molecule has 0 unspecified atom stereocenters. The molecule has 0 aromatic heterocycles. The van der Waals surface area contributed by atoms with E-state index < -0.39 is 29.9 Å². The van der Waals surface area contributed by atoms with Gasteiger partial charge in [-0.25, -0.2) is 4.79 Å². The summed E-state index contributed by atoms with van der Waals surface area (Å²) < 4.78 is 5.35. The van der Waals surface area contributed by atoms with Gasteiger partial charge in [-0.05, 0) is 18.8 Å². The van der Waals surface area contributed by atoms with Crippen molar-refractivity contribution in [2.45, 2.75) is 148 Å². The van der Waals surface area contributed by atoms with Crippen molar-refractivity contribution in [3.63, 3.8) is 0 Å². The van der Waals surface area contributed by atoms with E-state index in [1.807, 2.05) is 13.8 Å². The van der Waals surface area contributed by atoms with Crippen LogP contribution in [-0.2, 0) is 19.1 Å². The zero-order valence-electron chi connectivity index (χ0n) is 23.4. The topological polar surface area (TPSA) is 125 Å². The number of carbonyl (C=O) groups is 3. The van der Waals surface area contributed by atoms with Crippen molar-refractivity contribution in [1.29, 1.82) is 0 Å². The summed E-state index contributed by atoms with van der Waals surface area (Å²) in [5, 5.41) is 2.61. The first-order valence-electron chi connectivity index (χ1n) is 14.3. The number of amides is 2. The SMILES string of the molecule is CCCCCCCCCCCCCCCCCCOC(=O)[C@@H](CCC(N)=O)NC(=O)[C@H](N)C(C)C.Cl. The fraction of sp³-hybridized carbons (Fsp3) is 0.893. The van der Waals surface area contributed by atoms with Crippen LogP contribution in [0, 0.1) is 5.92 Å². The molecular formula is C28H56ClN3O4. The average Bonchev–Trinajstić information content (AvgIpc) is 2.82. The van der Waals surface area contributed by atoms with Crippen LogP contribution in [0.15, 0.2) is 0 Å². The molecule has 0 saturated carbocycles. The average molecular weight is 534 g/mol. The molecule has 0 aliphatic carbocycles. The summed E-state index contributed by atoms with van der Waals surface area (Å²) in [6, 6.07) is -1.62. The molecule has 0 aromatic rings. The van der Waals surface area contributed by atoms with E-state index in [1.54, 1.807) is 0 Å². The van der Waals surface area contributed by atoms with E-state index in [2.05, 4.69) is 12.2 Å². The Morgan fingerprint density at radius 3 is 1.56 bits per heavy atom. The summed E-state index contributed by atoms with van der Waals surface area (Å²) in [5.41, 5.74) is 11.0. The lowest BCUT2D eigenvalue weighted by molar-refractivity contribution is -0.148. The van der Waals surface area contributed by atoms with Gasteiger partial charge in [0.25, 0.3) is 0 Å². The molecule has 2 amide bonds. The molecule has 5 N–H and O–H groups in total. The van der Waals surface area contributed by atoms with Crippen LogP contribution in [0.3, 0.4) is 0 Å². The maximum Gasteiger partial charge on any atom is 0.328 e. The van der Waals surface area contributed by atoms with Crippen LogP contribution >= 0.6 is 12.4 Å². The van der Waals surface area contributed by atoms with E-state index in [-0.39, 0.29) is 31.2 Å². The molecule has 0 aliphatic heterocycles. The highest BCUT2D eigenvalue weighted by molar-refractivity contribution is 5.88. The Kier molecular flexibility index (Phi) is 25.9. The molecule has 0 aliphatic rings. The lowest BCUT2D eigenvalue weighted by Crippen LogP contribution is -2.51. The van der Waals surface area contributed by atoms with Crippen molar-refractivity contribution in [2.75, 3.05) is 6.61 Å². The van der Waals surface area contributed by atoms with Crippen LogP contribution < -0.4 is 16.8 Å². The number of ether oxygens (including phenoxy) is 1. The van der Waals surface area contributed by atoms with Gasteiger partial charge < -0.3 is 21.5 Å². The quantitative estimate of drug-likeness (QED) is 0.104. The highest BCUT2D eigenvalue weighted by atomic mass is 35.5. The highest BCUT2D eigenvalue weighted by Gasteiger charge is 2.26. The number of primary amides is 1. The lowest BCUT2D eigenvalue weighted by atomic mass is 10.0. The Bertz CT molecular complexity index is 561. The first kappa shape index (κ1) is 36.8. The molecule has 0 rings (SSSR count). The number of esters is 1. The van der Waals surface area contributed by atoms with Crippen molar-refractivity contribution in [3.05, 3.63) is 0 Å². The van der Waals surface area contributed by atoms with Crippen molar-refractivity contribution in [1.82, 2.24) is 5.32 Å². The van der Waals surface area contributed by atoms with Crippen LogP contribution in [-0.4, -0.2) is 36.5 Å². The van der Waals surface area contributed by atoms with Gasteiger partial charge in [0.1, 0.15) is 6.04 Å². The van der Waals surface area contributed by atoms with Crippen LogP contribution in [0.5, 0.6) is 0 Å². The van der Waals surface area contributed by atoms with Gasteiger partial charge in [0, 0.05) is 6.42 Å². The van der Waals surface area contributed by atoms with Gasteiger partial charge in [-0.2, -0.15) is 0 Å². The minimum atomic E-state index is -0.902. The Morgan fingerprint density at radius 2 is 1.17 bits per heavy atom. The molecule has 7 nitrogen and oxygen atoms in total. The van der Waals surface area contributed by atoms with E-state index in [9.17, 15) is 14.4 Å². The fourth-order valence-electron chi connectivity index (χ4n) is 4.03. The molecular weight excluding hydrogens is 478 g/mol. The third-order valence-electron chi connectivity index (χ3n) is 6.54. The predicted molar refractivity (Wildman–Crippen MR) is 151 cm³/mol. The first-order valence-corrected chi connectivity index (χ1v) is 14.3. The molecule has 0 bridgehead atoms. The Labute approximate surface area is 227 Å². The molecule has 36 heavy (non-hydrogen) atoms. The largest absolute Gasteiger partial charge is 0.464 e. The summed E-state index contributed by atoms with van der Waals surface area (Å²) in [5.74, 6) is -1.54. The van der Waals surface area contributed by atoms with Gasteiger partial charge in [0.05, 0.1) is 12.6 Å². The predicted octanol–water partition coefficient (Wildman–Crippen LogP) is 5.95. The summed E-state index contributed by atoms with van der Waals surface area (Å²) in [7, 11) is 0. The van der Waals surface area contributed by atoms with Crippen molar-refractivity contribution in [3.8, 4) is 0 Å². The van der Waals surface area contributed by atoms with Crippen LogP contribution in [0.25, 0.3) is 0 Å².